The van der Waals surface area contributed by atoms with E-state index in [0.29, 0.717) is 0 Å². The third-order valence-corrected chi connectivity index (χ3v) is 6.69. The average molecular weight is 386 g/mol. The van der Waals surface area contributed by atoms with Crippen molar-refractivity contribution in [3.8, 4) is 0 Å². The second-order valence-electron chi connectivity index (χ2n) is 8.39. The Hall–Kier alpha value is -2.54. The van der Waals surface area contributed by atoms with Crippen LogP contribution in [0.1, 0.15) is 64.5 Å². The number of nitrogens with one attached hydrogen (secondary N) is 1. The molecule has 0 saturated carbocycles. The van der Waals surface area contributed by atoms with Crippen LogP contribution < -0.4 is 5.32 Å². The SMILES string of the molecule is C=CC(C)(CCC)c1ccc(C(CC)(CC)Nc2cccc3ccccc23)cc1. The molecule has 1 nitrogen and oxygen atoms in total. The van der Waals surface area contributed by atoms with Gasteiger partial charge in [-0.2, -0.15) is 0 Å². The largest absolute Gasteiger partial charge is 0.375 e. The molecule has 152 valence electrons. The molecule has 3 aromatic rings. The second-order valence-corrected chi connectivity index (χ2v) is 8.39. The molecule has 0 aliphatic carbocycles. The highest BCUT2D eigenvalue weighted by Crippen LogP contribution is 2.37. The van der Waals surface area contributed by atoms with Gasteiger partial charge in [0.15, 0.2) is 0 Å². The molecule has 0 spiro atoms. The molecule has 0 bridgehead atoms. The van der Waals surface area contributed by atoms with Gasteiger partial charge >= 0.3 is 0 Å². The Balaban J connectivity index is 1.99. The molecule has 0 radical (unpaired) electrons. The lowest BCUT2D eigenvalue weighted by atomic mass is 9.77. The first-order valence-electron chi connectivity index (χ1n) is 11.0. The fourth-order valence-corrected chi connectivity index (χ4v) is 4.55. The van der Waals surface area contributed by atoms with Crippen molar-refractivity contribution >= 4 is 16.5 Å². The minimum absolute atomic E-state index is 0.0391. The van der Waals surface area contributed by atoms with E-state index in [4.69, 9.17) is 0 Å². The quantitative estimate of drug-likeness (QED) is 0.366. The Labute approximate surface area is 176 Å². The molecule has 0 aliphatic rings. The van der Waals surface area contributed by atoms with Crippen LogP contribution in [0.2, 0.25) is 0 Å². The van der Waals surface area contributed by atoms with Gasteiger partial charge in [-0.3, -0.25) is 0 Å². The maximum Gasteiger partial charge on any atom is 0.0620 e. The van der Waals surface area contributed by atoms with E-state index in [-0.39, 0.29) is 11.0 Å². The van der Waals surface area contributed by atoms with Crippen molar-refractivity contribution in [2.24, 2.45) is 0 Å². The van der Waals surface area contributed by atoms with Crippen molar-refractivity contribution in [3.05, 3.63) is 90.5 Å². The molecule has 1 N–H and O–H groups in total. The molecule has 0 amide bonds. The van der Waals surface area contributed by atoms with Gasteiger partial charge in [-0.15, -0.1) is 6.58 Å². The number of anilines is 1. The fourth-order valence-electron chi connectivity index (χ4n) is 4.55. The van der Waals surface area contributed by atoms with E-state index in [2.05, 4.69) is 112 Å². The van der Waals surface area contributed by atoms with Crippen LogP contribution >= 0.6 is 0 Å². The van der Waals surface area contributed by atoms with Crippen molar-refractivity contribution in [3.63, 3.8) is 0 Å². The molecule has 1 heteroatoms. The van der Waals surface area contributed by atoms with Gasteiger partial charge in [-0.1, -0.05) is 101 Å². The first-order chi connectivity index (χ1) is 14.0. The molecular formula is C28H35N. The number of rotatable bonds is 9. The monoisotopic (exact) mass is 385 g/mol. The molecule has 1 unspecified atom stereocenters. The summed E-state index contributed by atoms with van der Waals surface area (Å²) in [4.78, 5) is 0. The number of benzene rings is 3. The maximum atomic E-state index is 4.10. The van der Waals surface area contributed by atoms with Crippen molar-refractivity contribution in [2.45, 2.75) is 64.3 Å². The fraction of sp³-hybridized carbons (Fsp3) is 0.357. The molecule has 3 rings (SSSR count). The zero-order valence-electron chi connectivity index (χ0n) is 18.5. The Kier molecular flexibility index (Phi) is 6.47. The van der Waals surface area contributed by atoms with E-state index in [1.165, 1.54) is 27.6 Å². The predicted octanol–water partition coefficient (Wildman–Crippen LogP) is 8.21. The highest BCUT2D eigenvalue weighted by molar-refractivity contribution is 5.94. The molecule has 3 aromatic carbocycles. The van der Waals surface area contributed by atoms with Gasteiger partial charge in [0.05, 0.1) is 5.54 Å². The number of fused-ring (bicyclic) bond motifs is 1. The Morgan fingerprint density at radius 3 is 2.07 bits per heavy atom. The van der Waals surface area contributed by atoms with Crippen molar-refractivity contribution in [2.75, 3.05) is 5.32 Å². The molecule has 1 atom stereocenters. The lowest BCUT2D eigenvalue weighted by Crippen LogP contribution is -2.34. The van der Waals surface area contributed by atoms with E-state index in [0.717, 1.165) is 25.7 Å². The topological polar surface area (TPSA) is 12.0 Å². The highest BCUT2D eigenvalue weighted by Gasteiger charge is 2.30. The summed E-state index contributed by atoms with van der Waals surface area (Å²) in [6.07, 6.45) is 6.43. The van der Waals surface area contributed by atoms with E-state index < -0.39 is 0 Å². The standard InChI is InChI=1S/C28H35N/c1-6-21-27(5,7-2)23-17-19-24(20-18-23)28(8-3,9-4)29-26-16-12-14-22-13-10-11-15-25(22)26/h7,10-20,29H,2,6,8-9,21H2,1,3-5H3. The Bertz CT molecular complexity index is 944. The summed E-state index contributed by atoms with van der Waals surface area (Å²) in [5, 5.41) is 6.48. The lowest BCUT2D eigenvalue weighted by Gasteiger charge is -2.36. The normalized spacial score (nSPS) is 13.8. The van der Waals surface area contributed by atoms with Crippen LogP contribution in [0.25, 0.3) is 10.8 Å². The third kappa shape index (κ3) is 4.10. The minimum Gasteiger partial charge on any atom is -0.375 e. The predicted molar refractivity (Wildman–Crippen MR) is 129 cm³/mol. The summed E-state index contributed by atoms with van der Waals surface area (Å²) in [7, 11) is 0. The maximum absolute atomic E-state index is 4.10. The summed E-state index contributed by atoms with van der Waals surface area (Å²) in [6, 6.07) is 24.4. The van der Waals surface area contributed by atoms with Gasteiger partial charge in [-0.25, -0.2) is 0 Å². The summed E-state index contributed by atoms with van der Waals surface area (Å²) in [5.41, 5.74) is 3.86. The van der Waals surface area contributed by atoms with Crippen LogP contribution in [-0.2, 0) is 11.0 Å². The summed E-state index contributed by atoms with van der Waals surface area (Å²) in [5.74, 6) is 0. The number of hydrogen-bond donors (Lipinski definition) is 1. The van der Waals surface area contributed by atoms with Crippen molar-refractivity contribution in [1.82, 2.24) is 0 Å². The summed E-state index contributed by atoms with van der Waals surface area (Å²) >= 11 is 0. The van der Waals surface area contributed by atoms with Gasteiger partial charge in [0.2, 0.25) is 0 Å². The van der Waals surface area contributed by atoms with Crippen LogP contribution in [-0.4, -0.2) is 0 Å². The van der Waals surface area contributed by atoms with E-state index in [9.17, 15) is 0 Å². The van der Waals surface area contributed by atoms with Crippen LogP contribution in [0, 0.1) is 0 Å². The molecule has 0 fully saturated rings. The minimum atomic E-state index is -0.0853. The highest BCUT2D eigenvalue weighted by atomic mass is 15.0. The Morgan fingerprint density at radius 1 is 0.828 bits per heavy atom. The molecule has 0 heterocycles. The number of allylic oxidation sites excluding steroid dienone is 1. The van der Waals surface area contributed by atoms with E-state index >= 15 is 0 Å². The summed E-state index contributed by atoms with van der Waals surface area (Å²) in [6.45, 7) is 13.2. The van der Waals surface area contributed by atoms with Gasteiger partial charge in [0, 0.05) is 16.5 Å². The van der Waals surface area contributed by atoms with Crippen molar-refractivity contribution in [1.29, 1.82) is 0 Å². The van der Waals surface area contributed by atoms with Crippen molar-refractivity contribution < 1.29 is 0 Å². The smallest absolute Gasteiger partial charge is 0.0620 e. The summed E-state index contributed by atoms with van der Waals surface area (Å²) < 4.78 is 0. The zero-order chi connectivity index (χ0) is 20.9. The van der Waals surface area contributed by atoms with Crippen LogP contribution in [0.15, 0.2) is 79.4 Å². The molecule has 29 heavy (non-hydrogen) atoms. The van der Waals surface area contributed by atoms with Gasteiger partial charge in [-0.05, 0) is 41.8 Å². The third-order valence-electron chi connectivity index (χ3n) is 6.69. The molecular weight excluding hydrogens is 350 g/mol. The van der Waals surface area contributed by atoms with Crippen LogP contribution in [0.5, 0.6) is 0 Å². The van der Waals surface area contributed by atoms with Gasteiger partial charge < -0.3 is 5.32 Å². The first kappa shape index (κ1) is 21.2. The Morgan fingerprint density at radius 2 is 1.45 bits per heavy atom. The lowest BCUT2D eigenvalue weighted by molar-refractivity contribution is 0.454. The van der Waals surface area contributed by atoms with Gasteiger partial charge in [0.1, 0.15) is 0 Å². The second kappa shape index (κ2) is 8.86. The molecule has 0 aromatic heterocycles. The first-order valence-corrected chi connectivity index (χ1v) is 11.0. The van der Waals surface area contributed by atoms with E-state index in [1.54, 1.807) is 0 Å². The van der Waals surface area contributed by atoms with E-state index in [1.807, 2.05) is 0 Å². The number of hydrogen-bond acceptors (Lipinski definition) is 1. The zero-order valence-corrected chi connectivity index (χ0v) is 18.5. The molecule has 0 aliphatic heterocycles. The average Bonchev–Trinajstić information content (AvgIpc) is 2.78. The van der Waals surface area contributed by atoms with Crippen LogP contribution in [0.3, 0.4) is 0 Å². The van der Waals surface area contributed by atoms with Gasteiger partial charge in [0.25, 0.3) is 0 Å². The molecule has 0 saturated heterocycles. The van der Waals surface area contributed by atoms with Crippen LogP contribution in [0.4, 0.5) is 5.69 Å².